The summed E-state index contributed by atoms with van der Waals surface area (Å²) in [5.41, 5.74) is 3.01. The monoisotopic (exact) mass is 404 g/mol. The molecule has 0 amide bonds. The van der Waals surface area contributed by atoms with Crippen molar-refractivity contribution in [3.63, 3.8) is 0 Å². The standard InChI is InChI=1S/C29H24O2/c1-31-26-18-19-27-23(14-8-16-25(27)21-26)15-9-17-28(24-12-6-3-7-13-24)29(30)20-22-10-4-2-5-11-22/h2-8,10-14,16,18-19,21,28H,17,20H2,1H3. The first-order chi connectivity index (χ1) is 15.2. The predicted octanol–water partition coefficient (Wildman–Crippen LogP) is 6.19. The van der Waals surface area contributed by atoms with E-state index < -0.39 is 0 Å². The van der Waals surface area contributed by atoms with E-state index in [1.807, 2.05) is 91.0 Å². The van der Waals surface area contributed by atoms with Gasteiger partial charge in [0.2, 0.25) is 0 Å². The van der Waals surface area contributed by atoms with Crippen molar-refractivity contribution in [1.82, 2.24) is 0 Å². The maximum atomic E-state index is 13.2. The van der Waals surface area contributed by atoms with Crippen LogP contribution in [-0.4, -0.2) is 12.9 Å². The number of ketones is 1. The second-order valence-corrected chi connectivity index (χ2v) is 7.49. The highest BCUT2D eigenvalue weighted by Gasteiger charge is 2.19. The Morgan fingerprint density at radius 2 is 1.61 bits per heavy atom. The van der Waals surface area contributed by atoms with E-state index in [-0.39, 0.29) is 11.7 Å². The summed E-state index contributed by atoms with van der Waals surface area (Å²) in [5, 5.41) is 2.17. The van der Waals surface area contributed by atoms with E-state index in [9.17, 15) is 4.79 Å². The molecule has 1 atom stereocenters. The molecule has 0 saturated carbocycles. The van der Waals surface area contributed by atoms with Gasteiger partial charge in [-0.05, 0) is 46.2 Å². The van der Waals surface area contributed by atoms with Gasteiger partial charge in [-0.1, -0.05) is 84.6 Å². The Balaban J connectivity index is 1.60. The number of methoxy groups -OCH3 is 1. The SMILES string of the molecule is COc1ccc2c(C#CCC(C(=O)Cc3ccccc3)c3ccccc3)cccc2c1. The Labute approximate surface area is 183 Å². The summed E-state index contributed by atoms with van der Waals surface area (Å²) in [4.78, 5) is 13.2. The third kappa shape index (κ3) is 5.02. The number of Topliss-reactive ketones (excluding diaryl/α,β-unsaturated/α-hetero) is 1. The van der Waals surface area contributed by atoms with Gasteiger partial charge in [0.1, 0.15) is 11.5 Å². The van der Waals surface area contributed by atoms with Gasteiger partial charge in [-0.25, -0.2) is 0 Å². The molecule has 2 nitrogen and oxygen atoms in total. The van der Waals surface area contributed by atoms with Gasteiger partial charge < -0.3 is 4.74 Å². The topological polar surface area (TPSA) is 26.3 Å². The summed E-state index contributed by atoms with van der Waals surface area (Å²) >= 11 is 0. The fourth-order valence-electron chi connectivity index (χ4n) is 3.77. The third-order valence-corrected chi connectivity index (χ3v) is 5.43. The van der Waals surface area contributed by atoms with E-state index in [4.69, 9.17) is 4.74 Å². The summed E-state index contributed by atoms with van der Waals surface area (Å²) in [5.74, 6) is 7.36. The van der Waals surface area contributed by atoms with Gasteiger partial charge in [-0.2, -0.15) is 0 Å². The third-order valence-electron chi connectivity index (χ3n) is 5.43. The highest BCUT2D eigenvalue weighted by atomic mass is 16.5. The summed E-state index contributed by atoms with van der Waals surface area (Å²) in [7, 11) is 1.67. The molecular weight excluding hydrogens is 380 g/mol. The maximum Gasteiger partial charge on any atom is 0.145 e. The fraction of sp³-hybridized carbons (Fsp3) is 0.138. The van der Waals surface area contributed by atoms with E-state index in [1.165, 1.54) is 0 Å². The quantitative estimate of drug-likeness (QED) is 0.358. The van der Waals surface area contributed by atoms with E-state index in [0.29, 0.717) is 12.8 Å². The van der Waals surface area contributed by atoms with Gasteiger partial charge in [-0.3, -0.25) is 4.79 Å². The lowest BCUT2D eigenvalue weighted by atomic mass is 9.88. The van der Waals surface area contributed by atoms with Gasteiger partial charge in [0, 0.05) is 18.4 Å². The minimum Gasteiger partial charge on any atom is -0.497 e. The van der Waals surface area contributed by atoms with Crippen molar-refractivity contribution in [2.45, 2.75) is 18.8 Å². The second kappa shape index (κ2) is 9.78. The van der Waals surface area contributed by atoms with Gasteiger partial charge >= 0.3 is 0 Å². The molecule has 0 heterocycles. The number of benzene rings is 4. The Morgan fingerprint density at radius 1 is 0.871 bits per heavy atom. The number of hydrogen-bond acceptors (Lipinski definition) is 2. The first-order valence-electron chi connectivity index (χ1n) is 10.4. The number of carbonyl (C=O) groups excluding carboxylic acids is 1. The number of carbonyl (C=O) groups is 1. The van der Waals surface area contributed by atoms with E-state index in [0.717, 1.165) is 33.2 Å². The number of ether oxygens (including phenoxy) is 1. The molecule has 0 aromatic heterocycles. The lowest BCUT2D eigenvalue weighted by Gasteiger charge is -2.14. The van der Waals surface area contributed by atoms with Crippen molar-refractivity contribution in [2.75, 3.05) is 7.11 Å². The maximum absolute atomic E-state index is 13.2. The molecule has 152 valence electrons. The van der Waals surface area contributed by atoms with Crippen LogP contribution in [0.5, 0.6) is 5.75 Å². The lowest BCUT2D eigenvalue weighted by molar-refractivity contribution is -0.119. The molecular formula is C29H24O2. The van der Waals surface area contributed by atoms with E-state index >= 15 is 0 Å². The van der Waals surface area contributed by atoms with Crippen molar-refractivity contribution in [3.8, 4) is 17.6 Å². The molecule has 0 N–H and O–H groups in total. The molecule has 0 fully saturated rings. The van der Waals surface area contributed by atoms with Crippen molar-refractivity contribution in [2.24, 2.45) is 0 Å². The van der Waals surface area contributed by atoms with Gasteiger partial charge in [0.05, 0.1) is 13.0 Å². The average molecular weight is 405 g/mol. The van der Waals surface area contributed by atoms with Crippen LogP contribution in [0.15, 0.2) is 97.1 Å². The van der Waals surface area contributed by atoms with Crippen LogP contribution in [0.3, 0.4) is 0 Å². The number of fused-ring (bicyclic) bond motifs is 1. The number of hydrogen-bond donors (Lipinski definition) is 0. The zero-order chi connectivity index (χ0) is 21.5. The summed E-state index contributed by atoms with van der Waals surface area (Å²) < 4.78 is 5.33. The summed E-state index contributed by atoms with van der Waals surface area (Å²) in [6.07, 6.45) is 0.901. The first-order valence-corrected chi connectivity index (χ1v) is 10.4. The van der Waals surface area contributed by atoms with Crippen molar-refractivity contribution < 1.29 is 9.53 Å². The zero-order valence-electron chi connectivity index (χ0n) is 17.5. The zero-order valence-corrected chi connectivity index (χ0v) is 17.5. The molecule has 0 aliphatic heterocycles. The molecule has 0 spiro atoms. The molecule has 0 radical (unpaired) electrons. The molecule has 0 aliphatic carbocycles. The summed E-state index contributed by atoms with van der Waals surface area (Å²) in [6, 6.07) is 31.9. The first kappa shape index (κ1) is 20.4. The van der Waals surface area contributed by atoms with E-state index in [2.05, 4.69) is 17.9 Å². The smallest absolute Gasteiger partial charge is 0.145 e. The molecule has 31 heavy (non-hydrogen) atoms. The molecule has 1 unspecified atom stereocenters. The van der Waals surface area contributed by atoms with Crippen LogP contribution >= 0.6 is 0 Å². The van der Waals surface area contributed by atoms with E-state index in [1.54, 1.807) is 7.11 Å². The number of rotatable bonds is 6. The second-order valence-electron chi connectivity index (χ2n) is 7.49. The molecule has 4 rings (SSSR count). The van der Waals surface area contributed by atoms with Crippen molar-refractivity contribution in [1.29, 1.82) is 0 Å². The van der Waals surface area contributed by atoms with Crippen LogP contribution in [0.25, 0.3) is 10.8 Å². The van der Waals surface area contributed by atoms with Crippen LogP contribution in [0.2, 0.25) is 0 Å². The minimum atomic E-state index is -0.246. The predicted molar refractivity (Wildman–Crippen MR) is 126 cm³/mol. The lowest BCUT2D eigenvalue weighted by Crippen LogP contribution is -2.14. The molecule has 4 aromatic rings. The molecule has 0 aliphatic rings. The summed E-state index contributed by atoms with van der Waals surface area (Å²) in [6.45, 7) is 0. The van der Waals surface area contributed by atoms with Crippen LogP contribution < -0.4 is 4.74 Å². The highest BCUT2D eigenvalue weighted by Crippen LogP contribution is 2.25. The minimum absolute atomic E-state index is 0.189. The Hall–Kier alpha value is -3.83. The molecule has 0 saturated heterocycles. The Kier molecular flexibility index (Phi) is 6.45. The molecule has 4 aromatic carbocycles. The molecule has 2 heteroatoms. The largest absolute Gasteiger partial charge is 0.497 e. The Morgan fingerprint density at radius 3 is 2.35 bits per heavy atom. The average Bonchev–Trinajstić information content (AvgIpc) is 2.82. The van der Waals surface area contributed by atoms with Crippen molar-refractivity contribution >= 4 is 16.6 Å². The normalized spacial score (nSPS) is 11.4. The van der Waals surface area contributed by atoms with Gasteiger partial charge in [-0.15, -0.1) is 0 Å². The van der Waals surface area contributed by atoms with Crippen molar-refractivity contribution in [3.05, 3.63) is 114 Å². The Bertz CT molecular complexity index is 1230. The van der Waals surface area contributed by atoms with Crippen LogP contribution in [-0.2, 0) is 11.2 Å². The van der Waals surface area contributed by atoms with Crippen LogP contribution in [0, 0.1) is 11.8 Å². The van der Waals surface area contributed by atoms with Gasteiger partial charge in [0.15, 0.2) is 0 Å². The fourth-order valence-corrected chi connectivity index (χ4v) is 3.77. The molecule has 0 bridgehead atoms. The van der Waals surface area contributed by atoms with Crippen LogP contribution in [0.4, 0.5) is 0 Å². The highest BCUT2D eigenvalue weighted by molar-refractivity contribution is 5.90. The van der Waals surface area contributed by atoms with Gasteiger partial charge in [0.25, 0.3) is 0 Å². The van der Waals surface area contributed by atoms with Crippen LogP contribution in [0.1, 0.15) is 29.0 Å².